The maximum Gasteiger partial charge on any atom is 0.363 e. The van der Waals surface area contributed by atoms with Gasteiger partial charge in [0.05, 0.1) is 16.3 Å². The normalized spacial score (nSPS) is 10.4. The lowest BCUT2D eigenvalue weighted by atomic mass is 10.4. The first kappa shape index (κ1) is 12.5. The summed E-state index contributed by atoms with van der Waals surface area (Å²) in [5.41, 5.74) is -0.134. The van der Waals surface area contributed by atoms with Gasteiger partial charge in [0.25, 0.3) is 5.95 Å². The van der Waals surface area contributed by atoms with Crippen LogP contribution in [0.5, 0.6) is 0 Å². The van der Waals surface area contributed by atoms with Crippen LogP contribution in [0.15, 0.2) is 6.20 Å². The van der Waals surface area contributed by atoms with Crippen LogP contribution < -0.4 is 0 Å². The fraction of sp³-hybridized carbons (Fsp3) is 0.222. The van der Waals surface area contributed by atoms with E-state index in [1.165, 1.54) is 0 Å². The Bertz CT molecular complexity index is 648. The summed E-state index contributed by atoms with van der Waals surface area (Å²) in [4.78, 5) is 24.8. The molecular formula is C9H8N6O4. The summed E-state index contributed by atoms with van der Waals surface area (Å²) in [5.74, 6) is -1.53. The lowest BCUT2D eigenvalue weighted by Gasteiger charge is -2.00. The number of carboxylic acid groups (broad SMARTS) is 1. The molecule has 0 spiro atoms. The van der Waals surface area contributed by atoms with E-state index in [1.54, 1.807) is 13.8 Å². The van der Waals surface area contributed by atoms with E-state index in [1.807, 2.05) is 0 Å². The van der Waals surface area contributed by atoms with E-state index in [0.717, 1.165) is 10.9 Å². The zero-order chi connectivity index (χ0) is 14.2. The van der Waals surface area contributed by atoms with Gasteiger partial charge in [0.2, 0.25) is 5.69 Å². The van der Waals surface area contributed by atoms with Crippen molar-refractivity contribution in [2.75, 3.05) is 0 Å². The summed E-state index contributed by atoms with van der Waals surface area (Å²) in [6, 6.07) is 0. The van der Waals surface area contributed by atoms with Crippen LogP contribution in [0.2, 0.25) is 0 Å². The Hall–Kier alpha value is -2.91. The quantitative estimate of drug-likeness (QED) is 0.616. The molecule has 0 bridgehead atoms. The topological polar surface area (TPSA) is 137 Å². The molecular weight excluding hydrogens is 256 g/mol. The average molecular weight is 264 g/mol. The zero-order valence-corrected chi connectivity index (χ0v) is 9.93. The second-order valence-corrected chi connectivity index (χ2v) is 3.65. The van der Waals surface area contributed by atoms with Gasteiger partial charge in [-0.05, 0) is 13.8 Å². The van der Waals surface area contributed by atoms with Crippen LogP contribution in [0.4, 0.5) is 5.69 Å². The van der Waals surface area contributed by atoms with Gasteiger partial charge in [-0.2, -0.15) is 14.9 Å². The van der Waals surface area contributed by atoms with Crippen LogP contribution in [0.1, 0.15) is 21.9 Å². The highest BCUT2D eigenvalue weighted by molar-refractivity contribution is 5.89. The summed E-state index contributed by atoms with van der Waals surface area (Å²) < 4.78 is 0.918. The van der Waals surface area contributed by atoms with Crippen molar-refractivity contribution in [3.8, 4) is 5.95 Å². The molecule has 0 unspecified atom stereocenters. The molecule has 0 amide bonds. The Morgan fingerprint density at radius 3 is 2.53 bits per heavy atom. The molecule has 0 radical (unpaired) electrons. The molecule has 0 aliphatic carbocycles. The number of nitrogens with zero attached hydrogens (tertiary/aromatic N) is 6. The summed E-state index contributed by atoms with van der Waals surface area (Å²) in [6.07, 6.45) is 0.940. The van der Waals surface area contributed by atoms with Gasteiger partial charge in [-0.15, -0.1) is 5.10 Å². The maximum absolute atomic E-state index is 10.9. The Morgan fingerprint density at radius 2 is 2.05 bits per heavy atom. The van der Waals surface area contributed by atoms with Crippen LogP contribution >= 0.6 is 0 Å². The highest BCUT2D eigenvalue weighted by Gasteiger charge is 2.26. The monoisotopic (exact) mass is 264 g/mol. The van der Waals surface area contributed by atoms with Crippen molar-refractivity contribution in [1.82, 2.24) is 25.0 Å². The van der Waals surface area contributed by atoms with E-state index in [4.69, 9.17) is 5.11 Å². The number of hydrogen-bond donors (Lipinski definition) is 1. The van der Waals surface area contributed by atoms with Crippen molar-refractivity contribution in [3.63, 3.8) is 0 Å². The standard InChI is InChI=1S/C9H8N6O4/c1-4-5(2)11-12-9(10-4)14-3-6(15(18)19)7(13-14)8(16)17/h3H,1-2H3,(H,16,17). The van der Waals surface area contributed by atoms with Gasteiger partial charge in [-0.1, -0.05) is 0 Å². The van der Waals surface area contributed by atoms with E-state index < -0.39 is 22.3 Å². The highest BCUT2D eigenvalue weighted by atomic mass is 16.6. The fourth-order valence-electron chi connectivity index (χ4n) is 1.30. The molecule has 0 fully saturated rings. The lowest BCUT2D eigenvalue weighted by Crippen LogP contribution is -2.08. The number of hydrogen-bond acceptors (Lipinski definition) is 7. The first-order valence-electron chi connectivity index (χ1n) is 5.06. The molecule has 0 saturated heterocycles. The summed E-state index contributed by atoms with van der Waals surface area (Å²) >= 11 is 0. The molecule has 2 aromatic heterocycles. The Kier molecular flexibility index (Phi) is 2.91. The molecule has 0 aromatic carbocycles. The van der Waals surface area contributed by atoms with Crippen molar-refractivity contribution in [2.24, 2.45) is 0 Å². The SMILES string of the molecule is Cc1nnc(-n2cc([N+](=O)[O-])c(C(=O)O)n2)nc1C. The minimum Gasteiger partial charge on any atom is -0.476 e. The van der Waals surface area contributed by atoms with Crippen LogP contribution in [0.3, 0.4) is 0 Å². The number of aromatic carboxylic acids is 1. The molecule has 19 heavy (non-hydrogen) atoms. The van der Waals surface area contributed by atoms with E-state index in [-0.39, 0.29) is 5.95 Å². The first-order chi connectivity index (χ1) is 8.90. The molecule has 0 aliphatic rings. The molecule has 0 saturated carbocycles. The van der Waals surface area contributed by atoms with Gasteiger partial charge >= 0.3 is 11.7 Å². The van der Waals surface area contributed by atoms with Crippen molar-refractivity contribution >= 4 is 11.7 Å². The van der Waals surface area contributed by atoms with Crippen LogP contribution in [-0.4, -0.2) is 41.0 Å². The Labute approximate surface area is 105 Å². The maximum atomic E-state index is 10.9. The first-order valence-corrected chi connectivity index (χ1v) is 5.06. The predicted octanol–water partition coefficient (Wildman–Crippen LogP) is 0.281. The van der Waals surface area contributed by atoms with E-state index in [2.05, 4.69) is 20.3 Å². The van der Waals surface area contributed by atoms with E-state index in [0.29, 0.717) is 11.4 Å². The molecule has 2 rings (SSSR count). The summed E-state index contributed by atoms with van der Waals surface area (Å²) in [5, 5.41) is 30.6. The number of carboxylic acids is 1. The second-order valence-electron chi connectivity index (χ2n) is 3.65. The van der Waals surface area contributed by atoms with Crippen molar-refractivity contribution < 1.29 is 14.8 Å². The number of aryl methyl sites for hydroxylation is 2. The molecule has 0 atom stereocenters. The molecule has 2 heterocycles. The molecule has 1 N–H and O–H groups in total. The number of aromatic nitrogens is 5. The number of rotatable bonds is 3. The van der Waals surface area contributed by atoms with Gasteiger partial charge in [0.1, 0.15) is 6.20 Å². The Balaban J connectivity index is 2.57. The number of nitro groups is 1. The van der Waals surface area contributed by atoms with Crippen molar-refractivity contribution in [3.05, 3.63) is 33.4 Å². The average Bonchev–Trinajstić information content (AvgIpc) is 2.78. The largest absolute Gasteiger partial charge is 0.476 e. The van der Waals surface area contributed by atoms with Crippen LogP contribution in [-0.2, 0) is 0 Å². The highest BCUT2D eigenvalue weighted by Crippen LogP contribution is 2.18. The van der Waals surface area contributed by atoms with Crippen molar-refractivity contribution in [1.29, 1.82) is 0 Å². The third-order valence-electron chi connectivity index (χ3n) is 2.38. The van der Waals surface area contributed by atoms with E-state index in [9.17, 15) is 14.9 Å². The minimum absolute atomic E-state index is 0.0290. The fourth-order valence-corrected chi connectivity index (χ4v) is 1.30. The second kappa shape index (κ2) is 4.40. The third kappa shape index (κ3) is 2.22. The number of carbonyl (C=O) groups is 1. The Morgan fingerprint density at radius 1 is 1.37 bits per heavy atom. The summed E-state index contributed by atoms with van der Waals surface area (Å²) in [7, 11) is 0. The zero-order valence-electron chi connectivity index (χ0n) is 9.93. The molecule has 2 aromatic rings. The lowest BCUT2D eigenvalue weighted by molar-refractivity contribution is -0.385. The van der Waals surface area contributed by atoms with Gasteiger partial charge in [0.15, 0.2) is 0 Å². The van der Waals surface area contributed by atoms with Gasteiger partial charge in [-0.3, -0.25) is 10.1 Å². The molecule has 10 nitrogen and oxygen atoms in total. The summed E-state index contributed by atoms with van der Waals surface area (Å²) in [6.45, 7) is 3.39. The van der Waals surface area contributed by atoms with Crippen molar-refractivity contribution in [2.45, 2.75) is 13.8 Å². The van der Waals surface area contributed by atoms with Gasteiger partial charge in [-0.25, -0.2) is 9.78 Å². The molecule has 0 aliphatic heterocycles. The van der Waals surface area contributed by atoms with E-state index >= 15 is 0 Å². The minimum atomic E-state index is -1.50. The third-order valence-corrected chi connectivity index (χ3v) is 2.38. The predicted molar refractivity (Wildman–Crippen MR) is 60.0 cm³/mol. The van der Waals surface area contributed by atoms with Crippen LogP contribution in [0, 0.1) is 24.0 Å². The smallest absolute Gasteiger partial charge is 0.363 e. The van der Waals surface area contributed by atoms with Gasteiger partial charge < -0.3 is 5.11 Å². The van der Waals surface area contributed by atoms with Gasteiger partial charge in [0, 0.05) is 0 Å². The van der Waals surface area contributed by atoms with Crippen LogP contribution in [0.25, 0.3) is 5.95 Å². The molecule has 98 valence electrons. The molecule has 10 heteroatoms.